The highest BCUT2D eigenvalue weighted by Crippen LogP contribution is 2.40. The molecule has 0 heterocycles. The summed E-state index contributed by atoms with van der Waals surface area (Å²) in [5.41, 5.74) is 7.30. The molecule has 2 aromatic carbocycles. The van der Waals surface area contributed by atoms with Crippen molar-refractivity contribution in [3.05, 3.63) is 58.1 Å². The number of hydrogen-bond donors (Lipinski definition) is 1. The summed E-state index contributed by atoms with van der Waals surface area (Å²) in [5, 5.41) is 10.7. The summed E-state index contributed by atoms with van der Waals surface area (Å²) >= 11 is 1.36. The van der Waals surface area contributed by atoms with Gasteiger partial charge < -0.3 is 15.2 Å². The van der Waals surface area contributed by atoms with E-state index in [0.29, 0.717) is 17.2 Å². The SMILES string of the molecule is COc1cc(OC)cc([C@@H](C[N+](=O)[O-])Sc2ccccc2N)c1. The van der Waals surface area contributed by atoms with Crippen LogP contribution in [0.4, 0.5) is 5.69 Å². The molecule has 0 aliphatic heterocycles. The molecule has 0 saturated carbocycles. The van der Waals surface area contributed by atoms with Gasteiger partial charge in [0, 0.05) is 21.6 Å². The Hall–Kier alpha value is -2.41. The van der Waals surface area contributed by atoms with E-state index in [1.807, 2.05) is 18.2 Å². The third-order valence-electron chi connectivity index (χ3n) is 3.25. The van der Waals surface area contributed by atoms with Gasteiger partial charge in [-0.2, -0.15) is 0 Å². The maximum atomic E-state index is 11.1. The van der Waals surface area contributed by atoms with Gasteiger partial charge in [0.1, 0.15) is 11.5 Å². The molecule has 0 unspecified atom stereocenters. The first kappa shape index (κ1) is 17.0. The molecule has 2 N–H and O–H groups in total. The molecular formula is C16H18N2O4S. The van der Waals surface area contributed by atoms with Gasteiger partial charge in [-0.05, 0) is 29.8 Å². The largest absolute Gasteiger partial charge is 0.497 e. The van der Waals surface area contributed by atoms with Crippen molar-refractivity contribution >= 4 is 17.4 Å². The zero-order valence-electron chi connectivity index (χ0n) is 12.9. The van der Waals surface area contributed by atoms with Crippen LogP contribution in [0.5, 0.6) is 11.5 Å². The van der Waals surface area contributed by atoms with Gasteiger partial charge in [0.25, 0.3) is 0 Å². The van der Waals surface area contributed by atoms with Crippen molar-refractivity contribution in [3.63, 3.8) is 0 Å². The highest BCUT2D eigenvalue weighted by molar-refractivity contribution is 7.99. The van der Waals surface area contributed by atoms with Crippen LogP contribution in [0, 0.1) is 10.1 Å². The van der Waals surface area contributed by atoms with Crippen LogP contribution in [0.15, 0.2) is 47.4 Å². The highest BCUT2D eigenvalue weighted by atomic mass is 32.2. The number of para-hydroxylation sites is 1. The number of nitrogens with zero attached hydrogens (tertiary/aromatic N) is 1. The lowest BCUT2D eigenvalue weighted by atomic mass is 10.1. The smallest absolute Gasteiger partial charge is 0.220 e. The van der Waals surface area contributed by atoms with E-state index < -0.39 is 5.25 Å². The van der Waals surface area contributed by atoms with Crippen molar-refractivity contribution in [1.82, 2.24) is 0 Å². The van der Waals surface area contributed by atoms with Gasteiger partial charge in [0.05, 0.1) is 19.5 Å². The van der Waals surface area contributed by atoms with Crippen LogP contribution in [0.2, 0.25) is 0 Å². The molecule has 2 aromatic rings. The third-order valence-corrected chi connectivity index (χ3v) is 4.58. The lowest BCUT2D eigenvalue weighted by molar-refractivity contribution is -0.479. The number of methoxy groups -OCH3 is 2. The van der Waals surface area contributed by atoms with Crippen molar-refractivity contribution in [2.45, 2.75) is 10.1 Å². The van der Waals surface area contributed by atoms with Crippen molar-refractivity contribution in [2.24, 2.45) is 0 Å². The molecule has 0 radical (unpaired) electrons. The number of benzene rings is 2. The Bertz CT molecular complexity index is 671. The average molecular weight is 334 g/mol. The minimum Gasteiger partial charge on any atom is -0.497 e. The zero-order chi connectivity index (χ0) is 16.8. The number of hydrogen-bond acceptors (Lipinski definition) is 6. The number of thioether (sulfide) groups is 1. The molecule has 6 nitrogen and oxygen atoms in total. The van der Waals surface area contributed by atoms with Gasteiger partial charge in [0.15, 0.2) is 0 Å². The summed E-state index contributed by atoms with van der Waals surface area (Å²) < 4.78 is 10.5. The first-order valence-corrected chi connectivity index (χ1v) is 7.77. The number of ether oxygens (including phenoxy) is 2. The molecular weight excluding hydrogens is 316 g/mol. The fourth-order valence-corrected chi connectivity index (χ4v) is 3.24. The molecule has 0 amide bonds. The zero-order valence-corrected chi connectivity index (χ0v) is 13.7. The van der Waals surface area contributed by atoms with E-state index in [4.69, 9.17) is 15.2 Å². The Morgan fingerprint density at radius 1 is 1.17 bits per heavy atom. The van der Waals surface area contributed by atoms with Crippen LogP contribution in [0.3, 0.4) is 0 Å². The highest BCUT2D eigenvalue weighted by Gasteiger charge is 2.22. The maximum absolute atomic E-state index is 11.1. The van der Waals surface area contributed by atoms with E-state index in [1.54, 1.807) is 38.5 Å². The van der Waals surface area contributed by atoms with Gasteiger partial charge in [0.2, 0.25) is 6.54 Å². The van der Waals surface area contributed by atoms with Crippen LogP contribution < -0.4 is 15.2 Å². The topological polar surface area (TPSA) is 87.6 Å². The second-order valence-electron chi connectivity index (χ2n) is 4.81. The van der Waals surface area contributed by atoms with E-state index in [-0.39, 0.29) is 11.5 Å². The number of nitrogen functional groups attached to an aromatic ring is 1. The van der Waals surface area contributed by atoms with Gasteiger partial charge >= 0.3 is 0 Å². The van der Waals surface area contributed by atoms with Crippen molar-refractivity contribution in [3.8, 4) is 11.5 Å². The summed E-state index contributed by atoms with van der Waals surface area (Å²) in [6.45, 7) is -0.227. The number of rotatable bonds is 7. The number of nitro groups is 1. The van der Waals surface area contributed by atoms with Crippen LogP contribution in [0.1, 0.15) is 10.8 Å². The maximum Gasteiger partial charge on any atom is 0.220 e. The van der Waals surface area contributed by atoms with E-state index in [1.165, 1.54) is 11.8 Å². The fraction of sp³-hybridized carbons (Fsp3) is 0.250. The molecule has 0 saturated heterocycles. The molecule has 0 aliphatic rings. The lowest BCUT2D eigenvalue weighted by Crippen LogP contribution is -2.10. The normalized spacial score (nSPS) is 11.7. The van der Waals surface area contributed by atoms with Crippen molar-refractivity contribution in [2.75, 3.05) is 26.5 Å². The van der Waals surface area contributed by atoms with Crippen LogP contribution >= 0.6 is 11.8 Å². The quantitative estimate of drug-likeness (QED) is 0.361. The fourth-order valence-electron chi connectivity index (χ4n) is 2.10. The third kappa shape index (κ3) is 4.53. The molecule has 2 rings (SSSR count). The summed E-state index contributed by atoms with van der Waals surface area (Å²) in [4.78, 5) is 11.5. The average Bonchev–Trinajstić information content (AvgIpc) is 2.55. The second kappa shape index (κ2) is 7.73. The molecule has 122 valence electrons. The number of anilines is 1. The predicted octanol–water partition coefficient (Wildman–Crippen LogP) is 3.40. The summed E-state index contributed by atoms with van der Waals surface area (Å²) in [6.07, 6.45) is 0. The van der Waals surface area contributed by atoms with Crippen LogP contribution in [-0.2, 0) is 0 Å². The minimum atomic E-state index is -0.404. The summed E-state index contributed by atoms with van der Waals surface area (Å²) in [5.74, 6) is 1.18. The minimum absolute atomic E-state index is 0.227. The standard InChI is InChI=1S/C16H18N2O4S/c1-21-12-7-11(8-13(9-12)22-2)16(10-18(19)20)23-15-6-4-3-5-14(15)17/h3-9,16H,10,17H2,1-2H3/t16-/m1/s1. The summed E-state index contributed by atoms with van der Waals surface area (Å²) in [7, 11) is 3.09. The molecule has 0 bridgehead atoms. The van der Waals surface area contributed by atoms with Gasteiger partial charge in [-0.15, -0.1) is 11.8 Å². The molecule has 7 heteroatoms. The predicted molar refractivity (Wildman–Crippen MR) is 90.9 cm³/mol. The Kier molecular flexibility index (Phi) is 5.70. The number of nitrogens with two attached hydrogens (primary N) is 1. The van der Waals surface area contributed by atoms with Crippen molar-refractivity contribution in [1.29, 1.82) is 0 Å². The summed E-state index contributed by atoms with van der Waals surface area (Å²) in [6, 6.07) is 12.6. The molecule has 1 atom stereocenters. The van der Waals surface area contributed by atoms with E-state index in [9.17, 15) is 10.1 Å². The van der Waals surface area contributed by atoms with E-state index in [0.717, 1.165) is 10.5 Å². The van der Waals surface area contributed by atoms with Gasteiger partial charge in [-0.25, -0.2) is 0 Å². The van der Waals surface area contributed by atoms with Crippen molar-refractivity contribution < 1.29 is 14.4 Å². The van der Waals surface area contributed by atoms with Gasteiger partial charge in [-0.3, -0.25) is 10.1 Å². The Morgan fingerprint density at radius 2 is 1.78 bits per heavy atom. The molecule has 0 fully saturated rings. The molecule has 0 aromatic heterocycles. The second-order valence-corrected chi connectivity index (χ2v) is 6.05. The Morgan fingerprint density at radius 3 is 2.30 bits per heavy atom. The molecule has 0 aliphatic carbocycles. The monoisotopic (exact) mass is 334 g/mol. The molecule has 23 heavy (non-hydrogen) atoms. The van der Waals surface area contributed by atoms with Gasteiger partial charge in [-0.1, -0.05) is 12.1 Å². The first-order valence-electron chi connectivity index (χ1n) is 6.89. The molecule has 0 spiro atoms. The van der Waals surface area contributed by atoms with E-state index in [2.05, 4.69) is 0 Å². The Labute approximate surface area is 138 Å². The first-order chi connectivity index (χ1) is 11.0. The van der Waals surface area contributed by atoms with Crippen LogP contribution in [-0.4, -0.2) is 25.7 Å². The lowest BCUT2D eigenvalue weighted by Gasteiger charge is -2.16. The Balaban J connectivity index is 2.38. The van der Waals surface area contributed by atoms with E-state index >= 15 is 0 Å². The van der Waals surface area contributed by atoms with Crippen LogP contribution in [0.25, 0.3) is 0 Å².